The predicted octanol–water partition coefficient (Wildman–Crippen LogP) is -2.51. The summed E-state index contributed by atoms with van der Waals surface area (Å²) in [5.74, 6) is -0.334. The van der Waals surface area contributed by atoms with E-state index in [2.05, 4.69) is 5.32 Å². The van der Waals surface area contributed by atoms with Gasteiger partial charge in [0.25, 0.3) is 0 Å². The summed E-state index contributed by atoms with van der Waals surface area (Å²) in [6, 6.07) is -0.929. The Balaban J connectivity index is 2.63. The van der Waals surface area contributed by atoms with Crippen molar-refractivity contribution in [3.8, 4) is 0 Å². The maximum absolute atomic E-state index is 11.5. The number of hydrogen-bond donors (Lipinski definition) is 4. The molecular formula is C10H20N2O5. The Morgan fingerprint density at radius 1 is 1.29 bits per heavy atom. The Bertz CT molecular complexity index is 259. The molecule has 1 rings (SSSR count). The van der Waals surface area contributed by atoms with Gasteiger partial charge in [-0.15, -0.1) is 0 Å². The van der Waals surface area contributed by atoms with E-state index in [-0.39, 0.29) is 12.5 Å². The highest BCUT2D eigenvalue weighted by atomic mass is 16.6. The summed E-state index contributed by atoms with van der Waals surface area (Å²) in [7, 11) is 3.46. The fraction of sp³-hybridized carbons (Fsp3) is 0.900. The maximum atomic E-state index is 11.5. The van der Waals surface area contributed by atoms with E-state index in [1.165, 1.54) is 0 Å². The third-order valence-corrected chi connectivity index (χ3v) is 2.65. The van der Waals surface area contributed by atoms with E-state index in [9.17, 15) is 20.1 Å². The molecule has 5 unspecified atom stereocenters. The molecule has 1 aliphatic rings. The maximum Gasteiger partial charge on any atom is 0.234 e. The second kappa shape index (κ2) is 5.74. The van der Waals surface area contributed by atoms with Crippen molar-refractivity contribution in [2.75, 3.05) is 20.6 Å². The molecule has 7 heteroatoms. The molecule has 1 fully saturated rings. The highest BCUT2D eigenvalue weighted by Gasteiger charge is 2.42. The molecule has 100 valence electrons. The molecular weight excluding hydrogens is 228 g/mol. The van der Waals surface area contributed by atoms with Gasteiger partial charge in [-0.05, 0) is 21.0 Å². The lowest BCUT2D eigenvalue weighted by Gasteiger charge is -2.39. The standard InChI is InChI=1S/C10H20N2O5/c1-5-8(14)7(9(15)10(16)17-5)11-6(13)4-12(2)3/h5,7-10,14-16H,4H2,1-3H3,(H,11,13). The van der Waals surface area contributed by atoms with Crippen LogP contribution in [0, 0.1) is 0 Å². The molecule has 7 nitrogen and oxygen atoms in total. The molecule has 0 saturated carbocycles. The van der Waals surface area contributed by atoms with Crippen molar-refractivity contribution in [2.24, 2.45) is 0 Å². The highest BCUT2D eigenvalue weighted by molar-refractivity contribution is 5.78. The van der Waals surface area contributed by atoms with Crippen molar-refractivity contribution in [3.63, 3.8) is 0 Å². The molecule has 1 amide bonds. The van der Waals surface area contributed by atoms with Crippen molar-refractivity contribution in [2.45, 2.75) is 37.6 Å². The van der Waals surface area contributed by atoms with Gasteiger partial charge in [-0.3, -0.25) is 4.79 Å². The molecule has 0 aromatic rings. The van der Waals surface area contributed by atoms with Crippen LogP contribution in [0.4, 0.5) is 0 Å². The quantitative estimate of drug-likeness (QED) is 0.440. The van der Waals surface area contributed by atoms with Gasteiger partial charge in [0.05, 0.1) is 18.7 Å². The number of amides is 1. The molecule has 0 aromatic heterocycles. The minimum absolute atomic E-state index is 0.140. The lowest BCUT2D eigenvalue weighted by atomic mass is 9.97. The first-order valence-corrected chi connectivity index (χ1v) is 5.46. The highest BCUT2D eigenvalue weighted by Crippen LogP contribution is 2.19. The molecule has 0 spiro atoms. The normalized spacial score (nSPS) is 38.2. The summed E-state index contributed by atoms with van der Waals surface area (Å²) in [6.07, 6.45) is -4.46. The number of aliphatic hydroxyl groups is 3. The third kappa shape index (κ3) is 3.62. The van der Waals surface area contributed by atoms with Crippen LogP contribution in [0.3, 0.4) is 0 Å². The molecule has 1 saturated heterocycles. The summed E-state index contributed by atoms with van der Waals surface area (Å²) < 4.78 is 4.90. The van der Waals surface area contributed by atoms with Gasteiger partial charge in [-0.25, -0.2) is 0 Å². The molecule has 4 N–H and O–H groups in total. The van der Waals surface area contributed by atoms with Crippen molar-refractivity contribution in [1.29, 1.82) is 0 Å². The number of ether oxygens (including phenoxy) is 1. The first-order chi connectivity index (χ1) is 7.82. The predicted molar refractivity (Wildman–Crippen MR) is 59.1 cm³/mol. The number of aliphatic hydroxyl groups excluding tert-OH is 3. The van der Waals surface area contributed by atoms with Gasteiger partial charge in [-0.1, -0.05) is 0 Å². The molecule has 1 heterocycles. The van der Waals surface area contributed by atoms with Gasteiger partial charge in [-0.2, -0.15) is 0 Å². The van der Waals surface area contributed by atoms with Crippen LogP contribution in [0.25, 0.3) is 0 Å². The molecule has 5 atom stereocenters. The van der Waals surface area contributed by atoms with Gasteiger partial charge >= 0.3 is 0 Å². The summed E-state index contributed by atoms with van der Waals surface area (Å²) >= 11 is 0. The van der Waals surface area contributed by atoms with Gasteiger partial charge < -0.3 is 30.3 Å². The number of nitrogens with one attached hydrogen (secondary N) is 1. The number of carbonyl (C=O) groups excluding carboxylic acids is 1. The van der Waals surface area contributed by atoms with Gasteiger partial charge in [0.1, 0.15) is 12.2 Å². The number of nitrogens with zero attached hydrogens (tertiary/aromatic N) is 1. The Morgan fingerprint density at radius 3 is 2.41 bits per heavy atom. The lowest BCUT2D eigenvalue weighted by Crippen LogP contribution is -2.63. The molecule has 17 heavy (non-hydrogen) atoms. The van der Waals surface area contributed by atoms with Crippen LogP contribution in [-0.4, -0.2) is 77.4 Å². The summed E-state index contributed by atoms with van der Waals surface area (Å²) in [6.45, 7) is 1.70. The van der Waals surface area contributed by atoms with Crippen molar-refractivity contribution < 1.29 is 24.9 Å². The average Bonchev–Trinajstić information content (AvgIpc) is 2.20. The smallest absolute Gasteiger partial charge is 0.234 e. The Hall–Kier alpha value is -0.730. The molecule has 0 radical (unpaired) electrons. The van der Waals surface area contributed by atoms with Gasteiger partial charge in [0.2, 0.25) is 5.91 Å². The molecule has 0 bridgehead atoms. The average molecular weight is 248 g/mol. The largest absolute Gasteiger partial charge is 0.388 e. The van der Waals surface area contributed by atoms with E-state index >= 15 is 0 Å². The van der Waals surface area contributed by atoms with Crippen molar-refractivity contribution in [1.82, 2.24) is 10.2 Å². The zero-order valence-corrected chi connectivity index (χ0v) is 10.2. The zero-order valence-electron chi connectivity index (χ0n) is 10.2. The third-order valence-electron chi connectivity index (χ3n) is 2.65. The summed E-state index contributed by atoms with van der Waals surface area (Å²) in [5, 5.41) is 31.3. The topological polar surface area (TPSA) is 102 Å². The minimum Gasteiger partial charge on any atom is -0.388 e. The fourth-order valence-corrected chi connectivity index (χ4v) is 1.74. The molecule has 0 aliphatic carbocycles. The van der Waals surface area contributed by atoms with Crippen LogP contribution in [-0.2, 0) is 9.53 Å². The number of carbonyl (C=O) groups is 1. The Kier molecular flexibility index (Phi) is 4.84. The SMILES string of the molecule is CC1OC(O)C(O)C(NC(=O)CN(C)C)C1O. The van der Waals surface area contributed by atoms with E-state index in [1.54, 1.807) is 25.9 Å². The second-order valence-electron chi connectivity index (χ2n) is 4.54. The van der Waals surface area contributed by atoms with E-state index in [4.69, 9.17) is 4.74 Å². The van der Waals surface area contributed by atoms with Crippen LogP contribution >= 0.6 is 0 Å². The monoisotopic (exact) mass is 248 g/mol. The number of rotatable bonds is 3. The zero-order chi connectivity index (χ0) is 13.2. The van der Waals surface area contributed by atoms with Crippen LogP contribution in [0.15, 0.2) is 0 Å². The first kappa shape index (κ1) is 14.3. The van der Waals surface area contributed by atoms with Gasteiger partial charge in [0, 0.05) is 0 Å². The summed E-state index contributed by atoms with van der Waals surface area (Å²) in [5.41, 5.74) is 0. The van der Waals surface area contributed by atoms with E-state index in [0.717, 1.165) is 0 Å². The van der Waals surface area contributed by atoms with Crippen LogP contribution in [0.5, 0.6) is 0 Å². The Labute approximate surface area is 100.0 Å². The number of likely N-dealkylation sites (N-methyl/N-ethyl adjacent to an activating group) is 1. The lowest BCUT2D eigenvalue weighted by molar-refractivity contribution is -0.251. The van der Waals surface area contributed by atoms with Crippen LogP contribution < -0.4 is 5.32 Å². The van der Waals surface area contributed by atoms with E-state index in [1.807, 2.05) is 0 Å². The fourth-order valence-electron chi connectivity index (χ4n) is 1.74. The van der Waals surface area contributed by atoms with Crippen LogP contribution in [0.2, 0.25) is 0 Å². The van der Waals surface area contributed by atoms with Crippen molar-refractivity contribution >= 4 is 5.91 Å². The second-order valence-corrected chi connectivity index (χ2v) is 4.54. The molecule has 0 aromatic carbocycles. The number of hydrogen-bond acceptors (Lipinski definition) is 6. The van der Waals surface area contributed by atoms with E-state index < -0.39 is 30.6 Å². The van der Waals surface area contributed by atoms with E-state index in [0.29, 0.717) is 0 Å². The van der Waals surface area contributed by atoms with Crippen molar-refractivity contribution in [3.05, 3.63) is 0 Å². The van der Waals surface area contributed by atoms with Gasteiger partial charge in [0.15, 0.2) is 6.29 Å². The Morgan fingerprint density at radius 2 is 1.88 bits per heavy atom. The summed E-state index contributed by atoms with van der Waals surface area (Å²) in [4.78, 5) is 13.2. The first-order valence-electron chi connectivity index (χ1n) is 5.46. The minimum atomic E-state index is -1.40. The van der Waals surface area contributed by atoms with Crippen LogP contribution in [0.1, 0.15) is 6.92 Å². The molecule has 1 aliphatic heterocycles.